The van der Waals surface area contributed by atoms with Crippen LogP contribution in [0.5, 0.6) is 0 Å². The summed E-state index contributed by atoms with van der Waals surface area (Å²) >= 11 is 6.04. The first-order valence-corrected chi connectivity index (χ1v) is 6.55. The highest BCUT2D eigenvalue weighted by atomic mass is 35.5. The van der Waals surface area contributed by atoms with Gasteiger partial charge in [-0.05, 0) is 31.9 Å². The lowest BCUT2D eigenvalue weighted by Crippen LogP contribution is -2.51. The number of rotatable bonds is 3. The Morgan fingerprint density at radius 1 is 1.56 bits per heavy atom. The fraction of sp³-hybridized carbons (Fsp3) is 0.500. The third-order valence-electron chi connectivity index (χ3n) is 3.62. The summed E-state index contributed by atoms with van der Waals surface area (Å²) in [6.45, 7) is 4.71. The lowest BCUT2D eigenvalue weighted by molar-refractivity contribution is -0.122. The van der Waals surface area contributed by atoms with Gasteiger partial charge in [0.1, 0.15) is 0 Å². The van der Waals surface area contributed by atoms with E-state index in [1.807, 2.05) is 32.0 Å². The van der Waals surface area contributed by atoms with Gasteiger partial charge in [-0.15, -0.1) is 0 Å². The average molecular weight is 268 g/mol. The maximum absolute atomic E-state index is 12.0. The highest BCUT2D eigenvalue weighted by Gasteiger charge is 2.38. The summed E-state index contributed by atoms with van der Waals surface area (Å²) in [6, 6.07) is 7.42. The molecule has 0 unspecified atom stereocenters. The molecule has 0 spiro atoms. The van der Waals surface area contributed by atoms with Crippen LogP contribution in [0.2, 0.25) is 5.02 Å². The quantitative estimate of drug-likeness (QED) is 0.914. The molecule has 1 fully saturated rings. The average Bonchev–Trinajstić information content (AvgIpc) is 2.62. The Balaban J connectivity index is 1.99. The van der Waals surface area contributed by atoms with E-state index >= 15 is 0 Å². The second kappa shape index (κ2) is 5.29. The Hall–Kier alpha value is -1.06. The zero-order valence-corrected chi connectivity index (χ0v) is 11.5. The highest BCUT2D eigenvalue weighted by molar-refractivity contribution is 6.31. The number of hydrogen-bond acceptors (Lipinski definition) is 2. The van der Waals surface area contributed by atoms with Crippen LogP contribution in [0.4, 0.5) is 0 Å². The van der Waals surface area contributed by atoms with Gasteiger partial charge in [0.05, 0.1) is 18.1 Å². The van der Waals surface area contributed by atoms with E-state index in [0.29, 0.717) is 18.1 Å². The highest BCUT2D eigenvalue weighted by Crippen LogP contribution is 2.25. The van der Waals surface area contributed by atoms with Gasteiger partial charge >= 0.3 is 0 Å². The van der Waals surface area contributed by atoms with Crippen molar-refractivity contribution in [3.8, 4) is 0 Å². The summed E-state index contributed by atoms with van der Waals surface area (Å²) in [4.78, 5) is 12.0. The SMILES string of the molecule is C[C@@H]1OCC[C@]1(C)NC(=O)Cc1ccccc1Cl. The van der Waals surface area contributed by atoms with Crippen LogP contribution < -0.4 is 5.32 Å². The molecule has 1 amide bonds. The maximum Gasteiger partial charge on any atom is 0.224 e. The minimum atomic E-state index is -0.266. The largest absolute Gasteiger partial charge is 0.376 e. The molecule has 2 rings (SSSR count). The summed E-state index contributed by atoms with van der Waals surface area (Å²) in [5.41, 5.74) is 0.588. The standard InChI is InChI=1S/C14H18ClNO2/c1-10-14(2,7-8-18-10)16-13(17)9-11-5-3-4-6-12(11)15/h3-6,10H,7-9H2,1-2H3,(H,16,17)/t10-,14-/m0/s1. The monoisotopic (exact) mass is 267 g/mol. The predicted octanol–water partition coefficient (Wildman–Crippen LogP) is 2.57. The van der Waals surface area contributed by atoms with E-state index in [1.165, 1.54) is 0 Å². The summed E-state index contributed by atoms with van der Waals surface area (Å²) in [6.07, 6.45) is 1.21. The van der Waals surface area contributed by atoms with E-state index in [4.69, 9.17) is 16.3 Å². The number of benzene rings is 1. The molecule has 98 valence electrons. The molecule has 1 aromatic carbocycles. The van der Waals surface area contributed by atoms with Crippen LogP contribution in [0.1, 0.15) is 25.8 Å². The number of carbonyl (C=O) groups excluding carboxylic acids is 1. The molecular formula is C14H18ClNO2. The van der Waals surface area contributed by atoms with Crippen LogP contribution in [0.25, 0.3) is 0 Å². The van der Waals surface area contributed by atoms with Crippen molar-refractivity contribution in [1.82, 2.24) is 5.32 Å². The van der Waals surface area contributed by atoms with Crippen molar-refractivity contribution in [3.05, 3.63) is 34.9 Å². The fourth-order valence-corrected chi connectivity index (χ4v) is 2.38. The zero-order valence-electron chi connectivity index (χ0n) is 10.7. The van der Waals surface area contributed by atoms with E-state index in [9.17, 15) is 4.79 Å². The lowest BCUT2D eigenvalue weighted by atomic mass is 9.94. The fourth-order valence-electron chi connectivity index (χ4n) is 2.18. The van der Waals surface area contributed by atoms with Crippen molar-refractivity contribution >= 4 is 17.5 Å². The second-order valence-electron chi connectivity index (χ2n) is 5.00. The minimum absolute atomic E-state index is 0.0112. The molecule has 1 heterocycles. The van der Waals surface area contributed by atoms with Gasteiger partial charge in [-0.25, -0.2) is 0 Å². The summed E-state index contributed by atoms with van der Waals surface area (Å²) in [5, 5.41) is 3.69. The van der Waals surface area contributed by atoms with Gasteiger partial charge in [0.15, 0.2) is 0 Å². The molecule has 1 aromatic rings. The smallest absolute Gasteiger partial charge is 0.224 e. The van der Waals surface area contributed by atoms with Gasteiger partial charge in [0.2, 0.25) is 5.91 Å². The van der Waals surface area contributed by atoms with E-state index in [2.05, 4.69) is 5.32 Å². The normalized spacial score (nSPS) is 27.2. The molecule has 3 nitrogen and oxygen atoms in total. The third-order valence-corrected chi connectivity index (χ3v) is 3.99. The molecule has 1 saturated heterocycles. The van der Waals surface area contributed by atoms with Crippen molar-refractivity contribution in [1.29, 1.82) is 0 Å². The van der Waals surface area contributed by atoms with Gasteiger partial charge in [0.25, 0.3) is 0 Å². The molecule has 0 aromatic heterocycles. The molecule has 1 aliphatic rings. The summed E-state index contributed by atoms with van der Waals surface area (Å²) in [7, 11) is 0. The molecule has 18 heavy (non-hydrogen) atoms. The Morgan fingerprint density at radius 2 is 2.28 bits per heavy atom. The number of ether oxygens (including phenoxy) is 1. The van der Waals surface area contributed by atoms with Crippen LogP contribution in [0, 0.1) is 0 Å². The van der Waals surface area contributed by atoms with E-state index in [0.717, 1.165) is 12.0 Å². The van der Waals surface area contributed by atoms with Crippen LogP contribution in [-0.2, 0) is 16.0 Å². The number of carbonyl (C=O) groups is 1. The maximum atomic E-state index is 12.0. The molecular weight excluding hydrogens is 250 g/mol. The molecule has 0 radical (unpaired) electrons. The first kappa shape index (κ1) is 13.4. The molecule has 0 saturated carbocycles. The predicted molar refractivity (Wildman–Crippen MR) is 71.7 cm³/mol. The number of amides is 1. The van der Waals surface area contributed by atoms with E-state index < -0.39 is 0 Å². The Labute approximate surface area is 112 Å². The van der Waals surface area contributed by atoms with Crippen molar-refractivity contribution in [2.75, 3.05) is 6.61 Å². The van der Waals surface area contributed by atoms with Crippen LogP contribution in [-0.4, -0.2) is 24.2 Å². The van der Waals surface area contributed by atoms with Gasteiger partial charge in [-0.1, -0.05) is 29.8 Å². The number of nitrogens with one attached hydrogen (secondary N) is 1. The number of hydrogen-bond donors (Lipinski definition) is 1. The third kappa shape index (κ3) is 2.85. The molecule has 0 aliphatic carbocycles. The van der Waals surface area contributed by atoms with Crippen molar-refractivity contribution in [2.45, 2.75) is 38.3 Å². The van der Waals surface area contributed by atoms with Gasteiger partial charge < -0.3 is 10.1 Å². The van der Waals surface area contributed by atoms with Crippen LogP contribution in [0.15, 0.2) is 24.3 Å². The molecule has 4 heteroatoms. The lowest BCUT2D eigenvalue weighted by Gasteiger charge is -2.29. The molecule has 1 aliphatic heterocycles. The second-order valence-corrected chi connectivity index (χ2v) is 5.40. The Morgan fingerprint density at radius 3 is 2.89 bits per heavy atom. The Kier molecular flexibility index (Phi) is 3.93. The van der Waals surface area contributed by atoms with Crippen molar-refractivity contribution < 1.29 is 9.53 Å². The Bertz CT molecular complexity index is 449. The van der Waals surface area contributed by atoms with E-state index in [1.54, 1.807) is 6.07 Å². The van der Waals surface area contributed by atoms with Crippen molar-refractivity contribution in [2.24, 2.45) is 0 Å². The first-order valence-electron chi connectivity index (χ1n) is 6.17. The van der Waals surface area contributed by atoms with E-state index in [-0.39, 0.29) is 17.6 Å². The summed E-state index contributed by atoms with van der Waals surface area (Å²) in [5.74, 6) is -0.0112. The number of halogens is 1. The minimum Gasteiger partial charge on any atom is -0.376 e. The van der Waals surface area contributed by atoms with Crippen LogP contribution >= 0.6 is 11.6 Å². The van der Waals surface area contributed by atoms with Gasteiger partial charge in [-0.2, -0.15) is 0 Å². The summed E-state index contributed by atoms with van der Waals surface area (Å²) < 4.78 is 5.50. The van der Waals surface area contributed by atoms with Crippen molar-refractivity contribution in [3.63, 3.8) is 0 Å². The van der Waals surface area contributed by atoms with Gasteiger partial charge in [-0.3, -0.25) is 4.79 Å². The first-order chi connectivity index (χ1) is 8.51. The molecule has 2 atom stereocenters. The van der Waals surface area contributed by atoms with Crippen LogP contribution in [0.3, 0.4) is 0 Å². The molecule has 0 bridgehead atoms. The topological polar surface area (TPSA) is 38.3 Å². The molecule has 1 N–H and O–H groups in total. The van der Waals surface area contributed by atoms with Gasteiger partial charge in [0, 0.05) is 11.6 Å². The zero-order chi connectivity index (χ0) is 13.2.